The van der Waals surface area contributed by atoms with Gasteiger partial charge in [-0.05, 0) is 30.2 Å². The highest BCUT2D eigenvalue weighted by molar-refractivity contribution is 5.37. The third-order valence-corrected chi connectivity index (χ3v) is 2.89. The van der Waals surface area contributed by atoms with Gasteiger partial charge in [0, 0.05) is 7.05 Å². The van der Waals surface area contributed by atoms with Crippen molar-refractivity contribution >= 4 is 0 Å². The summed E-state index contributed by atoms with van der Waals surface area (Å²) in [5.74, 6) is 0.313. The van der Waals surface area contributed by atoms with Gasteiger partial charge in [0.05, 0.1) is 19.3 Å². The SMILES string of the molecule is COc1cnn(C)c1C(N)c1cc(C)cc(F)c1. The lowest BCUT2D eigenvalue weighted by molar-refractivity contribution is 0.406. The molecule has 0 aliphatic carbocycles. The van der Waals surface area contributed by atoms with Gasteiger partial charge in [-0.25, -0.2) is 4.39 Å². The van der Waals surface area contributed by atoms with Crippen LogP contribution in [0.5, 0.6) is 5.75 Å². The molecule has 0 aliphatic heterocycles. The van der Waals surface area contributed by atoms with E-state index < -0.39 is 6.04 Å². The molecule has 0 saturated carbocycles. The molecule has 0 spiro atoms. The summed E-state index contributed by atoms with van der Waals surface area (Å²) in [6.45, 7) is 1.83. The predicted octanol–water partition coefficient (Wildman–Crippen LogP) is 1.92. The highest BCUT2D eigenvalue weighted by Gasteiger charge is 2.19. The number of aromatic nitrogens is 2. The molecule has 1 heterocycles. The summed E-state index contributed by atoms with van der Waals surface area (Å²) in [5.41, 5.74) is 8.43. The molecule has 1 atom stereocenters. The van der Waals surface area contributed by atoms with E-state index in [1.807, 2.05) is 13.0 Å². The molecule has 0 bridgehead atoms. The van der Waals surface area contributed by atoms with Crippen LogP contribution in [-0.2, 0) is 7.05 Å². The van der Waals surface area contributed by atoms with Crippen molar-refractivity contribution in [1.82, 2.24) is 9.78 Å². The second kappa shape index (κ2) is 4.78. The van der Waals surface area contributed by atoms with Gasteiger partial charge in [-0.15, -0.1) is 0 Å². The first-order valence-electron chi connectivity index (χ1n) is 5.61. The molecule has 0 amide bonds. The van der Waals surface area contributed by atoms with Gasteiger partial charge < -0.3 is 10.5 Å². The Morgan fingerprint density at radius 1 is 1.39 bits per heavy atom. The molecule has 1 aromatic carbocycles. The van der Waals surface area contributed by atoms with Gasteiger partial charge in [-0.2, -0.15) is 5.10 Å². The summed E-state index contributed by atoms with van der Waals surface area (Å²) in [4.78, 5) is 0. The van der Waals surface area contributed by atoms with Crippen molar-refractivity contribution in [2.75, 3.05) is 7.11 Å². The Morgan fingerprint density at radius 2 is 2.11 bits per heavy atom. The number of aryl methyl sites for hydroxylation is 2. The first-order valence-corrected chi connectivity index (χ1v) is 5.61. The number of nitrogens with zero attached hydrogens (tertiary/aromatic N) is 2. The van der Waals surface area contributed by atoms with Crippen LogP contribution >= 0.6 is 0 Å². The number of benzene rings is 1. The van der Waals surface area contributed by atoms with Crippen molar-refractivity contribution in [3.63, 3.8) is 0 Å². The third-order valence-electron chi connectivity index (χ3n) is 2.89. The Kier molecular flexibility index (Phi) is 3.34. The maximum absolute atomic E-state index is 13.4. The van der Waals surface area contributed by atoms with Crippen molar-refractivity contribution in [1.29, 1.82) is 0 Å². The molecule has 2 N–H and O–H groups in total. The lowest BCUT2D eigenvalue weighted by atomic mass is 10.0. The molecule has 5 heteroatoms. The maximum Gasteiger partial charge on any atom is 0.161 e. The molecule has 0 aliphatic rings. The van der Waals surface area contributed by atoms with E-state index in [9.17, 15) is 4.39 Å². The normalized spacial score (nSPS) is 12.5. The second-order valence-corrected chi connectivity index (χ2v) is 4.26. The van der Waals surface area contributed by atoms with Crippen molar-refractivity contribution in [2.45, 2.75) is 13.0 Å². The number of ether oxygens (including phenoxy) is 1. The van der Waals surface area contributed by atoms with Crippen LogP contribution in [0.1, 0.15) is 22.9 Å². The Morgan fingerprint density at radius 3 is 2.72 bits per heavy atom. The van der Waals surface area contributed by atoms with Crippen molar-refractivity contribution in [2.24, 2.45) is 12.8 Å². The smallest absolute Gasteiger partial charge is 0.161 e. The van der Waals surface area contributed by atoms with Crippen molar-refractivity contribution in [3.8, 4) is 5.75 Å². The predicted molar refractivity (Wildman–Crippen MR) is 66.9 cm³/mol. The number of halogens is 1. The molecule has 0 fully saturated rings. The zero-order valence-corrected chi connectivity index (χ0v) is 10.6. The molecule has 18 heavy (non-hydrogen) atoms. The van der Waals surface area contributed by atoms with Gasteiger partial charge >= 0.3 is 0 Å². The summed E-state index contributed by atoms with van der Waals surface area (Å²) in [7, 11) is 3.34. The Labute approximate surface area is 105 Å². The summed E-state index contributed by atoms with van der Waals surface area (Å²) in [5, 5.41) is 4.10. The number of hydrogen-bond acceptors (Lipinski definition) is 3. The fourth-order valence-electron chi connectivity index (χ4n) is 2.04. The molecule has 1 unspecified atom stereocenters. The van der Waals surface area contributed by atoms with Crippen LogP contribution in [0.3, 0.4) is 0 Å². The topological polar surface area (TPSA) is 53.1 Å². The minimum absolute atomic E-state index is 0.290. The monoisotopic (exact) mass is 249 g/mol. The molecule has 0 radical (unpaired) electrons. The van der Waals surface area contributed by atoms with Crippen LogP contribution in [0.4, 0.5) is 4.39 Å². The van der Waals surface area contributed by atoms with E-state index in [4.69, 9.17) is 10.5 Å². The number of methoxy groups -OCH3 is 1. The highest BCUT2D eigenvalue weighted by Crippen LogP contribution is 2.28. The molecule has 1 aromatic heterocycles. The number of nitrogens with two attached hydrogens (primary N) is 1. The fourth-order valence-corrected chi connectivity index (χ4v) is 2.04. The fraction of sp³-hybridized carbons (Fsp3) is 0.308. The summed E-state index contributed by atoms with van der Waals surface area (Å²) in [6.07, 6.45) is 1.60. The van der Waals surface area contributed by atoms with Gasteiger partial charge in [0.25, 0.3) is 0 Å². The number of hydrogen-bond donors (Lipinski definition) is 1. The van der Waals surface area contributed by atoms with E-state index in [1.54, 1.807) is 25.0 Å². The average Bonchev–Trinajstić information content (AvgIpc) is 2.68. The van der Waals surface area contributed by atoms with Crippen LogP contribution in [-0.4, -0.2) is 16.9 Å². The van der Waals surface area contributed by atoms with Crippen molar-refractivity contribution < 1.29 is 9.13 Å². The van der Waals surface area contributed by atoms with Crippen LogP contribution in [0, 0.1) is 12.7 Å². The van der Waals surface area contributed by atoms with Crippen LogP contribution in [0.25, 0.3) is 0 Å². The first kappa shape index (κ1) is 12.6. The minimum atomic E-state index is -0.471. The van der Waals surface area contributed by atoms with E-state index in [0.717, 1.165) is 11.3 Å². The van der Waals surface area contributed by atoms with Gasteiger partial charge in [0.2, 0.25) is 0 Å². The van der Waals surface area contributed by atoms with Gasteiger partial charge in [0.1, 0.15) is 11.5 Å². The zero-order valence-electron chi connectivity index (χ0n) is 10.6. The van der Waals surface area contributed by atoms with Crippen LogP contribution < -0.4 is 10.5 Å². The first-order chi connectivity index (χ1) is 8.52. The molecule has 2 rings (SSSR count). The lowest BCUT2D eigenvalue weighted by Gasteiger charge is -2.15. The molecule has 0 saturated heterocycles. The maximum atomic E-state index is 13.4. The Bertz CT molecular complexity index is 545. The van der Waals surface area contributed by atoms with Gasteiger partial charge in [0.15, 0.2) is 5.75 Å². The third kappa shape index (κ3) is 2.22. The van der Waals surface area contributed by atoms with E-state index in [2.05, 4.69) is 5.10 Å². The lowest BCUT2D eigenvalue weighted by Crippen LogP contribution is -2.17. The van der Waals surface area contributed by atoms with Gasteiger partial charge in [-0.3, -0.25) is 4.68 Å². The van der Waals surface area contributed by atoms with E-state index in [0.29, 0.717) is 11.3 Å². The quantitative estimate of drug-likeness (QED) is 0.904. The zero-order chi connectivity index (χ0) is 13.3. The highest BCUT2D eigenvalue weighted by atomic mass is 19.1. The Hall–Kier alpha value is -1.88. The second-order valence-electron chi connectivity index (χ2n) is 4.26. The largest absolute Gasteiger partial charge is 0.493 e. The van der Waals surface area contributed by atoms with Gasteiger partial charge in [-0.1, -0.05) is 6.07 Å². The van der Waals surface area contributed by atoms with E-state index >= 15 is 0 Å². The molecular formula is C13H16FN3O. The molecular weight excluding hydrogens is 233 g/mol. The van der Waals surface area contributed by atoms with E-state index in [-0.39, 0.29) is 5.82 Å². The summed E-state index contributed by atoms with van der Waals surface area (Å²) < 4.78 is 20.3. The minimum Gasteiger partial charge on any atom is -0.493 e. The van der Waals surface area contributed by atoms with Crippen LogP contribution in [0.2, 0.25) is 0 Å². The van der Waals surface area contributed by atoms with E-state index in [1.165, 1.54) is 12.1 Å². The molecule has 2 aromatic rings. The van der Waals surface area contributed by atoms with Crippen molar-refractivity contribution in [3.05, 3.63) is 47.0 Å². The standard InChI is InChI=1S/C13H16FN3O/c1-8-4-9(6-10(14)5-8)12(15)13-11(18-3)7-16-17(13)2/h4-7,12H,15H2,1-3H3. The summed E-state index contributed by atoms with van der Waals surface area (Å²) >= 11 is 0. The Balaban J connectivity index is 2.47. The molecule has 4 nitrogen and oxygen atoms in total. The number of rotatable bonds is 3. The summed E-state index contributed by atoms with van der Waals surface area (Å²) in [6, 6.07) is 4.29. The average molecular weight is 249 g/mol. The van der Waals surface area contributed by atoms with Crippen LogP contribution in [0.15, 0.2) is 24.4 Å². The molecule has 96 valence electrons.